The maximum absolute atomic E-state index is 13.1. The number of carbonyl (C=O) groups is 1. The maximum atomic E-state index is 13.1. The van der Waals surface area contributed by atoms with Gasteiger partial charge in [0.15, 0.2) is 0 Å². The van der Waals surface area contributed by atoms with E-state index in [1.807, 2.05) is 16.3 Å². The molecule has 1 amide bonds. The third-order valence-electron chi connectivity index (χ3n) is 4.69. The Morgan fingerprint density at radius 1 is 1.39 bits per heavy atom. The Balaban J connectivity index is 1.69. The molecule has 0 bridgehead atoms. The first-order valence-electron chi connectivity index (χ1n) is 8.05. The Bertz CT molecular complexity index is 730. The van der Waals surface area contributed by atoms with Crippen molar-refractivity contribution >= 4 is 17.2 Å². The van der Waals surface area contributed by atoms with Crippen LogP contribution in [0, 0.1) is 0 Å². The van der Waals surface area contributed by atoms with Crippen LogP contribution in [0.3, 0.4) is 0 Å². The van der Waals surface area contributed by atoms with Gasteiger partial charge in [0.25, 0.3) is 5.91 Å². The van der Waals surface area contributed by atoms with E-state index in [0.29, 0.717) is 11.4 Å². The zero-order valence-electron chi connectivity index (χ0n) is 13.1. The van der Waals surface area contributed by atoms with Crippen molar-refractivity contribution in [2.24, 2.45) is 0 Å². The molecule has 3 heterocycles. The SMILES string of the molecule is COc1nc2c(cc1C(=O)N1CCCC1c1nccs1)CCC2. The van der Waals surface area contributed by atoms with Crippen LogP contribution >= 0.6 is 11.3 Å². The van der Waals surface area contributed by atoms with E-state index < -0.39 is 0 Å². The quantitative estimate of drug-likeness (QED) is 0.868. The monoisotopic (exact) mass is 329 g/mol. The third kappa shape index (κ3) is 2.51. The highest BCUT2D eigenvalue weighted by atomic mass is 32.1. The normalized spacial score (nSPS) is 19.9. The number of hydrogen-bond donors (Lipinski definition) is 0. The lowest BCUT2D eigenvalue weighted by Crippen LogP contribution is -2.31. The summed E-state index contributed by atoms with van der Waals surface area (Å²) in [5, 5.41) is 2.98. The number of likely N-dealkylation sites (tertiary alicyclic amines) is 1. The Hall–Kier alpha value is -1.95. The topological polar surface area (TPSA) is 55.3 Å². The second-order valence-corrected chi connectivity index (χ2v) is 6.96. The van der Waals surface area contributed by atoms with Gasteiger partial charge in [0, 0.05) is 23.8 Å². The van der Waals surface area contributed by atoms with Gasteiger partial charge >= 0.3 is 0 Å². The molecule has 0 spiro atoms. The lowest BCUT2D eigenvalue weighted by molar-refractivity contribution is 0.0731. The number of methoxy groups -OCH3 is 1. The van der Waals surface area contributed by atoms with Crippen molar-refractivity contribution in [3.8, 4) is 5.88 Å². The molecule has 0 N–H and O–H groups in total. The van der Waals surface area contributed by atoms with Gasteiger partial charge in [-0.15, -0.1) is 11.3 Å². The lowest BCUT2D eigenvalue weighted by Gasteiger charge is -2.24. The van der Waals surface area contributed by atoms with Crippen LogP contribution in [0.1, 0.15) is 51.9 Å². The van der Waals surface area contributed by atoms with Crippen LogP contribution in [0.4, 0.5) is 0 Å². The summed E-state index contributed by atoms with van der Waals surface area (Å²) in [4.78, 5) is 24.0. The number of hydrogen-bond acceptors (Lipinski definition) is 5. The second-order valence-electron chi connectivity index (χ2n) is 6.03. The van der Waals surface area contributed by atoms with E-state index in [2.05, 4.69) is 9.97 Å². The minimum atomic E-state index is 0.0155. The Kier molecular flexibility index (Phi) is 3.77. The zero-order chi connectivity index (χ0) is 15.8. The van der Waals surface area contributed by atoms with Gasteiger partial charge in [-0.2, -0.15) is 0 Å². The number of pyridine rings is 1. The summed E-state index contributed by atoms with van der Waals surface area (Å²) in [5.74, 6) is 0.474. The number of nitrogens with zero attached hydrogens (tertiary/aromatic N) is 3. The van der Waals surface area contributed by atoms with Gasteiger partial charge in [-0.1, -0.05) is 0 Å². The molecule has 1 unspecified atom stereocenters. The fourth-order valence-electron chi connectivity index (χ4n) is 3.58. The molecular formula is C17H19N3O2S. The Morgan fingerprint density at radius 2 is 2.30 bits per heavy atom. The van der Waals surface area contributed by atoms with Crippen molar-refractivity contribution in [2.45, 2.75) is 38.1 Å². The summed E-state index contributed by atoms with van der Waals surface area (Å²) < 4.78 is 5.41. The van der Waals surface area contributed by atoms with Gasteiger partial charge in [0.2, 0.25) is 5.88 Å². The van der Waals surface area contributed by atoms with Crippen LogP contribution in [0.15, 0.2) is 17.6 Å². The molecule has 23 heavy (non-hydrogen) atoms. The van der Waals surface area contributed by atoms with Gasteiger partial charge in [0.1, 0.15) is 10.6 Å². The van der Waals surface area contributed by atoms with Crippen molar-refractivity contribution in [2.75, 3.05) is 13.7 Å². The molecule has 0 radical (unpaired) electrons. The largest absolute Gasteiger partial charge is 0.480 e. The van der Waals surface area contributed by atoms with Crippen molar-refractivity contribution < 1.29 is 9.53 Å². The lowest BCUT2D eigenvalue weighted by atomic mass is 10.1. The Labute approximate surface area is 139 Å². The number of fused-ring (bicyclic) bond motifs is 1. The third-order valence-corrected chi connectivity index (χ3v) is 5.57. The predicted molar refractivity (Wildman–Crippen MR) is 87.9 cm³/mol. The number of aromatic nitrogens is 2. The molecule has 2 aromatic heterocycles. The van der Waals surface area contributed by atoms with E-state index in [0.717, 1.165) is 49.4 Å². The van der Waals surface area contributed by atoms with Crippen LogP contribution in [-0.2, 0) is 12.8 Å². The fourth-order valence-corrected chi connectivity index (χ4v) is 4.37. The summed E-state index contributed by atoms with van der Waals surface area (Å²) in [7, 11) is 1.59. The maximum Gasteiger partial charge on any atom is 0.259 e. The van der Waals surface area contributed by atoms with Gasteiger partial charge in [-0.05, 0) is 43.7 Å². The van der Waals surface area contributed by atoms with Gasteiger partial charge in [0.05, 0.1) is 13.2 Å². The van der Waals surface area contributed by atoms with E-state index in [-0.39, 0.29) is 11.9 Å². The molecular weight excluding hydrogens is 310 g/mol. The number of ether oxygens (including phenoxy) is 1. The predicted octanol–water partition coefficient (Wildman–Crippen LogP) is 3.01. The van der Waals surface area contributed by atoms with Crippen molar-refractivity contribution in [1.29, 1.82) is 0 Å². The summed E-state index contributed by atoms with van der Waals surface area (Å²) in [6.45, 7) is 0.767. The molecule has 5 nitrogen and oxygen atoms in total. The zero-order valence-corrected chi connectivity index (χ0v) is 13.9. The molecule has 2 aliphatic rings. The molecule has 1 saturated heterocycles. The van der Waals surface area contributed by atoms with Gasteiger partial charge < -0.3 is 9.64 Å². The number of aryl methyl sites for hydroxylation is 2. The molecule has 4 rings (SSSR count). The highest BCUT2D eigenvalue weighted by molar-refractivity contribution is 7.09. The number of carbonyl (C=O) groups excluding carboxylic acids is 1. The highest BCUT2D eigenvalue weighted by Crippen LogP contribution is 2.36. The summed E-state index contributed by atoms with van der Waals surface area (Å²) in [6.07, 6.45) is 6.87. The summed E-state index contributed by atoms with van der Waals surface area (Å²) in [5.41, 5.74) is 2.87. The van der Waals surface area contributed by atoms with Gasteiger partial charge in [-0.25, -0.2) is 9.97 Å². The van der Waals surface area contributed by atoms with E-state index in [1.54, 1.807) is 24.6 Å². The van der Waals surface area contributed by atoms with Crippen LogP contribution < -0.4 is 4.74 Å². The van der Waals surface area contributed by atoms with Crippen LogP contribution in [0.25, 0.3) is 0 Å². The molecule has 1 fully saturated rings. The minimum absolute atomic E-state index is 0.0155. The first-order chi connectivity index (χ1) is 11.3. The molecule has 2 aromatic rings. The molecule has 120 valence electrons. The van der Waals surface area contributed by atoms with Crippen molar-refractivity contribution in [3.05, 3.63) is 39.5 Å². The summed E-state index contributed by atoms with van der Waals surface area (Å²) >= 11 is 1.61. The van der Waals surface area contributed by atoms with Crippen LogP contribution in [0.5, 0.6) is 5.88 Å². The average Bonchev–Trinajstić information content (AvgIpc) is 3.32. The van der Waals surface area contributed by atoms with Crippen LogP contribution in [0.2, 0.25) is 0 Å². The minimum Gasteiger partial charge on any atom is -0.480 e. The first-order valence-corrected chi connectivity index (χ1v) is 8.93. The second kappa shape index (κ2) is 5.92. The van der Waals surface area contributed by atoms with E-state index in [1.165, 1.54) is 5.56 Å². The smallest absolute Gasteiger partial charge is 0.259 e. The molecule has 0 saturated carbocycles. The standard InChI is InChI=1S/C17H19N3O2S/c1-22-15-12(10-11-4-2-5-13(11)19-15)17(21)20-8-3-6-14(20)16-18-7-9-23-16/h7,9-10,14H,2-6,8H2,1H3. The number of amides is 1. The molecule has 0 aromatic carbocycles. The van der Waals surface area contributed by atoms with E-state index in [9.17, 15) is 4.79 Å². The molecule has 1 atom stereocenters. The first kappa shape index (κ1) is 14.6. The van der Waals surface area contributed by atoms with Crippen molar-refractivity contribution in [1.82, 2.24) is 14.9 Å². The van der Waals surface area contributed by atoms with E-state index in [4.69, 9.17) is 4.74 Å². The number of rotatable bonds is 3. The summed E-state index contributed by atoms with van der Waals surface area (Å²) in [6, 6.07) is 2.08. The van der Waals surface area contributed by atoms with Crippen molar-refractivity contribution in [3.63, 3.8) is 0 Å². The Morgan fingerprint density at radius 3 is 3.09 bits per heavy atom. The molecule has 6 heteroatoms. The fraction of sp³-hybridized carbons (Fsp3) is 0.471. The van der Waals surface area contributed by atoms with Crippen LogP contribution in [-0.4, -0.2) is 34.4 Å². The highest BCUT2D eigenvalue weighted by Gasteiger charge is 2.34. The molecule has 1 aliphatic heterocycles. The van der Waals surface area contributed by atoms with E-state index >= 15 is 0 Å². The average molecular weight is 329 g/mol. The molecule has 1 aliphatic carbocycles. The number of thiazole rings is 1. The van der Waals surface area contributed by atoms with Gasteiger partial charge in [-0.3, -0.25) is 4.79 Å².